The third-order valence-corrected chi connectivity index (χ3v) is 4.27. The molecule has 1 fully saturated rings. The summed E-state index contributed by atoms with van der Waals surface area (Å²) in [5, 5.41) is 2.66. The van der Waals surface area contributed by atoms with Gasteiger partial charge in [0.25, 0.3) is 0 Å². The average molecular weight is 404 g/mol. The number of likely N-dealkylation sites (tertiary alicyclic amines) is 1. The number of nitrogens with zero attached hydrogens (tertiary/aromatic N) is 3. The van der Waals surface area contributed by atoms with Crippen molar-refractivity contribution in [2.45, 2.75) is 70.8 Å². The van der Waals surface area contributed by atoms with Crippen LogP contribution in [0.5, 0.6) is 0 Å². The molecule has 0 aliphatic carbocycles. The largest absolute Gasteiger partial charge is 0.444 e. The first-order valence-electron chi connectivity index (χ1n) is 9.00. The molecule has 2 heterocycles. The molecule has 1 saturated heterocycles. The Morgan fingerprint density at radius 3 is 2.36 bits per heavy atom. The second-order valence-electron chi connectivity index (χ2n) is 8.70. The molecule has 0 radical (unpaired) electrons. The zero-order valence-corrected chi connectivity index (χ0v) is 17.0. The fourth-order valence-electron chi connectivity index (χ4n) is 3.05. The average Bonchev–Trinajstić information content (AvgIpc) is 3.00. The zero-order valence-electron chi connectivity index (χ0n) is 17.0. The van der Waals surface area contributed by atoms with E-state index in [-0.39, 0.29) is 18.2 Å². The van der Waals surface area contributed by atoms with Gasteiger partial charge in [0, 0.05) is 31.7 Å². The van der Waals surface area contributed by atoms with Gasteiger partial charge < -0.3 is 19.5 Å². The fourth-order valence-corrected chi connectivity index (χ4v) is 3.05. The molecule has 1 atom stereocenters. The molecule has 1 aromatic rings. The topological polar surface area (TPSA) is 76.5 Å². The highest BCUT2D eigenvalue weighted by Gasteiger charge is 2.39. The summed E-state index contributed by atoms with van der Waals surface area (Å²) < 4.78 is 46.1. The van der Waals surface area contributed by atoms with E-state index >= 15 is 0 Å². The van der Waals surface area contributed by atoms with Crippen molar-refractivity contribution in [3.63, 3.8) is 0 Å². The highest BCUT2D eigenvalue weighted by molar-refractivity contribution is 5.82. The van der Waals surface area contributed by atoms with E-state index in [1.54, 1.807) is 41.7 Å². The normalized spacial score (nSPS) is 18.5. The molecule has 1 N–H and O–H groups in total. The van der Waals surface area contributed by atoms with Crippen molar-refractivity contribution >= 4 is 12.0 Å². The van der Waals surface area contributed by atoms with Gasteiger partial charge in [0.2, 0.25) is 5.91 Å². The van der Waals surface area contributed by atoms with Crippen molar-refractivity contribution in [3.8, 4) is 0 Å². The fraction of sp³-hybridized carbons (Fsp3) is 0.722. The number of imidazole rings is 1. The van der Waals surface area contributed by atoms with Crippen LogP contribution in [0, 0.1) is 0 Å². The summed E-state index contributed by atoms with van der Waals surface area (Å²) in [7, 11) is 1.61. The highest BCUT2D eigenvalue weighted by atomic mass is 19.4. The maximum atomic E-state index is 13.2. The second-order valence-corrected chi connectivity index (χ2v) is 8.70. The van der Waals surface area contributed by atoms with Crippen molar-refractivity contribution in [2.75, 3.05) is 13.6 Å². The van der Waals surface area contributed by atoms with E-state index in [0.717, 1.165) is 6.20 Å². The molecule has 0 bridgehead atoms. The van der Waals surface area contributed by atoms with Crippen LogP contribution in [0.25, 0.3) is 0 Å². The lowest BCUT2D eigenvalue weighted by atomic mass is 10.00. The van der Waals surface area contributed by atoms with Gasteiger partial charge in [0.1, 0.15) is 17.5 Å². The minimum Gasteiger partial charge on any atom is -0.444 e. The summed E-state index contributed by atoms with van der Waals surface area (Å²) in [6.45, 7) is 8.91. The SMILES string of the molecule is CN1CCC(n2cc(C(F)(F)F)nc2CC(C)(C)NC(=O)OC(C)(C)C)C1=O. The van der Waals surface area contributed by atoms with E-state index in [2.05, 4.69) is 10.3 Å². The number of carbonyl (C=O) groups is 2. The minimum atomic E-state index is -4.63. The van der Waals surface area contributed by atoms with Crippen molar-refractivity contribution in [2.24, 2.45) is 0 Å². The Balaban J connectivity index is 2.29. The van der Waals surface area contributed by atoms with Gasteiger partial charge in [-0.05, 0) is 41.0 Å². The van der Waals surface area contributed by atoms with Gasteiger partial charge in [-0.2, -0.15) is 13.2 Å². The van der Waals surface area contributed by atoms with Crippen LogP contribution in [0.1, 0.15) is 58.6 Å². The second kappa shape index (κ2) is 7.29. The summed E-state index contributed by atoms with van der Waals surface area (Å²) in [5.74, 6) is -0.174. The van der Waals surface area contributed by atoms with Crippen LogP contribution in [0.2, 0.25) is 0 Å². The molecule has 0 spiro atoms. The van der Waals surface area contributed by atoms with Crippen LogP contribution in [0.4, 0.5) is 18.0 Å². The molecular formula is C18H27F3N4O3. The summed E-state index contributed by atoms with van der Waals surface area (Å²) in [5.41, 5.74) is -2.71. The summed E-state index contributed by atoms with van der Waals surface area (Å²) >= 11 is 0. The molecule has 0 saturated carbocycles. The number of aromatic nitrogens is 2. The van der Waals surface area contributed by atoms with Crippen LogP contribution in [0.15, 0.2) is 6.20 Å². The predicted molar refractivity (Wildman–Crippen MR) is 95.7 cm³/mol. The number of alkyl carbamates (subject to hydrolysis) is 1. The molecule has 1 aliphatic heterocycles. The molecule has 28 heavy (non-hydrogen) atoms. The number of hydrogen-bond acceptors (Lipinski definition) is 4. The number of carbonyl (C=O) groups excluding carboxylic acids is 2. The van der Waals surface area contributed by atoms with Crippen LogP contribution in [0.3, 0.4) is 0 Å². The van der Waals surface area contributed by atoms with Crippen molar-refractivity contribution in [3.05, 3.63) is 17.7 Å². The van der Waals surface area contributed by atoms with Gasteiger partial charge in [0.05, 0.1) is 0 Å². The number of ether oxygens (including phenoxy) is 1. The van der Waals surface area contributed by atoms with Crippen molar-refractivity contribution in [1.29, 1.82) is 0 Å². The van der Waals surface area contributed by atoms with E-state index in [1.165, 1.54) is 9.47 Å². The summed E-state index contributed by atoms with van der Waals surface area (Å²) in [6, 6.07) is -0.735. The Morgan fingerprint density at radius 2 is 1.89 bits per heavy atom. The van der Waals surface area contributed by atoms with Crippen LogP contribution in [-0.2, 0) is 22.1 Å². The summed E-state index contributed by atoms with van der Waals surface area (Å²) in [4.78, 5) is 29.6. The Labute approximate surface area is 162 Å². The van der Waals surface area contributed by atoms with Crippen molar-refractivity contribution in [1.82, 2.24) is 19.8 Å². The van der Waals surface area contributed by atoms with E-state index in [4.69, 9.17) is 4.74 Å². The van der Waals surface area contributed by atoms with Gasteiger partial charge >= 0.3 is 12.3 Å². The Morgan fingerprint density at radius 1 is 1.29 bits per heavy atom. The number of nitrogens with one attached hydrogen (secondary N) is 1. The van der Waals surface area contributed by atoms with E-state index in [0.29, 0.717) is 13.0 Å². The quantitative estimate of drug-likeness (QED) is 0.837. The highest BCUT2D eigenvalue weighted by Crippen LogP contribution is 2.32. The van der Waals surface area contributed by atoms with E-state index in [9.17, 15) is 22.8 Å². The molecule has 1 unspecified atom stereocenters. The van der Waals surface area contributed by atoms with Gasteiger partial charge in [-0.1, -0.05) is 0 Å². The van der Waals surface area contributed by atoms with Crippen LogP contribution in [-0.4, -0.2) is 51.2 Å². The molecule has 0 aromatic carbocycles. The standard InChI is InChI=1S/C18H27F3N4O3/c1-16(2,3)28-15(27)23-17(4,5)9-13-22-12(18(19,20)21)10-25(13)11-7-8-24(6)14(11)26/h10-11H,7-9H2,1-6H3,(H,23,27). The lowest BCUT2D eigenvalue weighted by molar-refractivity contribution is -0.141. The Hall–Kier alpha value is -2.26. The molecule has 1 aliphatic rings. The Kier molecular flexibility index (Phi) is 5.73. The number of likely N-dealkylation sites (N-methyl/N-ethyl adjacent to an activating group) is 1. The van der Waals surface area contributed by atoms with Gasteiger partial charge in [0.15, 0.2) is 5.69 Å². The maximum Gasteiger partial charge on any atom is 0.434 e. The van der Waals surface area contributed by atoms with Gasteiger partial charge in [-0.15, -0.1) is 0 Å². The zero-order chi connectivity index (χ0) is 21.5. The predicted octanol–water partition coefficient (Wildman–Crippen LogP) is 3.15. The molecular weight excluding hydrogens is 377 g/mol. The third kappa shape index (κ3) is 5.39. The minimum absolute atomic E-state index is 0.00415. The first-order chi connectivity index (χ1) is 12.6. The monoisotopic (exact) mass is 404 g/mol. The lowest BCUT2D eigenvalue weighted by Crippen LogP contribution is -2.47. The molecule has 7 nitrogen and oxygen atoms in total. The van der Waals surface area contributed by atoms with E-state index < -0.39 is 35.1 Å². The summed E-state index contributed by atoms with van der Waals surface area (Å²) in [6.07, 6.45) is -4.04. The number of hydrogen-bond donors (Lipinski definition) is 1. The van der Waals surface area contributed by atoms with Crippen LogP contribution >= 0.6 is 0 Å². The van der Waals surface area contributed by atoms with Gasteiger partial charge in [-0.3, -0.25) is 4.79 Å². The first kappa shape index (κ1) is 22.0. The number of rotatable bonds is 4. The maximum absolute atomic E-state index is 13.2. The molecule has 1 aromatic heterocycles. The van der Waals surface area contributed by atoms with Gasteiger partial charge in [-0.25, -0.2) is 9.78 Å². The lowest BCUT2D eigenvalue weighted by Gasteiger charge is -2.29. The number of halogens is 3. The third-order valence-electron chi connectivity index (χ3n) is 4.27. The van der Waals surface area contributed by atoms with Crippen molar-refractivity contribution < 1.29 is 27.5 Å². The number of amides is 2. The first-order valence-corrected chi connectivity index (χ1v) is 9.00. The Bertz CT molecular complexity index is 750. The van der Waals surface area contributed by atoms with Crippen LogP contribution < -0.4 is 5.32 Å². The molecule has 2 rings (SSSR count). The number of alkyl halides is 3. The smallest absolute Gasteiger partial charge is 0.434 e. The molecule has 10 heteroatoms. The molecule has 2 amide bonds. The van der Waals surface area contributed by atoms with E-state index in [1.807, 2.05) is 0 Å². The molecule has 158 valence electrons.